The van der Waals surface area contributed by atoms with Gasteiger partial charge < -0.3 is 14.7 Å². The zero-order chi connectivity index (χ0) is 16.9. The van der Waals surface area contributed by atoms with Crippen molar-refractivity contribution in [3.05, 3.63) is 36.0 Å². The van der Waals surface area contributed by atoms with Crippen LogP contribution in [0.3, 0.4) is 0 Å². The van der Waals surface area contributed by atoms with Crippen molar-refractivity contribution in [1.29, 1.82) is 0 Å². The number of piperidine rings is 1. The van der Waals surface area contributed by atoms with Gasteiger partial charge in [0.1, 0.15) is 6.04 Å². The summed E-state index contributed by atoms with van der Waals surface area (Å²) in [5.41, 5.74) is 0.798. The van der Waals surface area contributed by atoms with Crippen molar-refractivity contribution in [3.8, 4) is 0 Å². The maximum atomic E-state index is 12.7. The molecular formula is C17H22N4O2S. The third kappa shape index (κ3) is 3.90. The topological polar surface area (TPSA) is 71.3 Å². The smallest absolute Gasteiger partial charge is 0.322 e. The number of likely N-dealkylation sites (tertiary alicyclic amines) is 1. The number of aromatic nitrogens is 2. The Labute approximate surface area is 146 Å². The number of aryl methyl sites for hydroxylation is 1. The van der Waals surface area contributed by atoms with Crippen LogP contribution in [-0.2, 0) is 0 Å². The Bertz CT molecular complexity index is 686. The number of hydrogen-bond donors (Lipinski definition) is 1. The van der Waals surface area contributed by atoms with Crippen LogP contribution in [0.5, 0.6) is 0 Å². The van der Waals surface area contributed by atoms with E-state index in [0.29, 0.717) is 18.3 Å². The third-order valence-corrected chi connectivity index (χ3v) is 4.90. The Hall–Kier alpha value is -2.02. The molecule has 1 aliphatic rings. The van der Waals surface area contributed by atoms with Crippen molar-refractivity contribution in [1.82, 2.24) is 15.0 Å². The van der Waals surface area contributed by atoms with E-state index >= 15 is 0 Å². The van der Waals surface area contributed by atoms with Crippen LogP contribution in [0, 0.1) is 6.92 Å². The van der Waals surface area contributed by atoms with E-state index in [1.807, 2.05) is 24.3 Å². The molecule has 24 heavy (non-hydrogen) atoms. The van der Waals surface area contributed by atoms with Crippen LogP contribution in [0.15, 0.2) is 33.7 Å². The predicted octanol–water partition coefficient (Wildman–Crippen LogP) is 4.25. The second-order valence-corrected chi connectivity index (χ2v) is 7.11. The molecule has 0 spiro atoms. The molecule has 1 fully saturated rings. The SMILES string of the molecule is CCSc1ccc(NC(=O)N2CCCC[C@@H]2c2nc(C)no2)cc1. The Morgan fingerprint density at radius 3 is 2.83 bits per heavy atom. The molecule has 7 heteroatoms. The summed E-state index contributed by atoms with van der Waals surface area (Å²) in [7, 11) is 0. The molecule has 1 N–H and O–H groups in total. The molecule has 1 aromatic heterocycles. The number of carbonyl (C=O) groups excluding carboxylic acids is 1. The molecule has 128 valence electrons. The number of amides is 2. The molecule has 0 aliphatic carbocycles. The van der Waals surface area contributed by atoms with E-state index in [4.69, 9.17) is 4.52 Å². The van der Waals surface area contributed by atoms with Crippen LogP contribution < -0.4 is 5.32 Å². The van der Waals surface area contributed by atoms with Gasteiger partial charge in [0.15, 0.2) is 5.82 Å². The fourth-order valence-corrected chi connectivity index (χ4v) is 3.54. The summed E-state index contributed by atoms with van der Waals surface area (Å²) >= 11 is 1.78. The van der Waals surface area contributed by atoms with Gasteiger partial charge >= 0.3 is 6.03 Å². The average Bonchev–Trinajstić information content (AvgIpc) is 3.03. The van der Waals surface area contributed by atoms with Gasteiger partial charge in [0.2, 0.25) is 5.89 Å². The first-order chi connectivity index (χ1) is 11.7. The Kier molecular flexibility index (Phi) is 5.40. The lowest BCUT2D eigenvalue weighted by Gasteiger charge is -2.33. The number of urea groups is 1. The first-order valence-corrected chi connectivity index (χ1v) is 9.26. The zero-order valence-corrected chi connectivity index (χ0v) is 14.8. The summed E-state index contributed by atoms with van der Waals surface area (Å²) in [6, 6.07) is 7.66. The minimum Gasteiger partial charge on any atom is -0.337 e. The minimum absolute atomic E-state index is 0.119. The van der Waals surface area contributed by atoms with E-state index in [0.717, 1.165) is 30.7 Å². The Morgan fingerprint density at radius 1 is 1.38 bits per heavy atom. The number of nitrogens with zero attached hydrogens (tertiary/aromatic N) is 3. The highest BCUT2D eigenvalue weighted by Gasteiger charge is 2.31. The maximum absolute atomic E-state index is 12.7. The molecule has 3 rings (SSSR count). The van der Waals surface area contributed by atoms with Crippen LogP contribution >= 0.6 is 11.8 Å². The van der Waals surface area contributed by atoms with E-state index < -0.39 is 0 Å². The summed E-state index contributed by atoms with van der Waals surface area (Å²) in [5, 5.41) is 6.83. The highest BCUT2D eigenvalue weighted by Crippen LogP contribution is 2.30. The molecule has 0 saturated carbocycles. The van der Waals surface area contributed by atoms with Gasteiger partial charge in [0.05, 0.1) is 0 Å². The predicted molar refractivity (Wildman–Crippen MR) is 94.2 cm³/mol. The molecular weight excluding hydrogens is 324 g/mol. The van der Waals surface area contributed by atoms with Crippen molar-refractivity contribution >= 4 is 23.5 Å². The highest BCUT2D eigenvalue weighted by atomic mass is 32.2. The molecule has 0 radical (unpaired) electrons. The first-order valence-electron chi connectivity index (χ1n) is 8.28. The molecule has 0 bridgehead atoms. The number of benzene rings is 1. The molecule has 1 aliphatic heterocycles. The van der Waals surface area contributed by atoms with Crippen LogP contribution in [0.4, 0.5) is 10.5 Å². The first kappa shape index (κ1) is 16.8. The number of carbonyl (C=O) groups is 1. The number of hydrogen-bond acceptors (Lipinski definition) is 5. The third-order valence-electron chi connectivity index (χ3n) is 4.01. The van der Waals surface area contributed by atoms with Crippen LogP contribution in [-0.4, -0.2) is 33.4 Å². The van der Waals surface area contributed by atoms with Gasteiger partial charge in [-0.1, -0.05) is 12.1 Å². The summed E-state index contributed by atoms with van der Waals surface area (Å²) in [4.78, 5) is 20.0. The number of anilines is 1. The number of thioether (sulfide) groups is 1. The maximum Gasteiger partial charge on any atom is 0.322 e. The average molecular weight is 346 g/mol. The molecule has 1 aromatic carbocycles. The van der Waals surface area contributed by atoms with Crippen molar-refractivity contribution in [2.75, 3.05) is 17.6 Å². The van der Waals surface area contributed by atoms with Gasteiger partial charge in [-0.25, -0.2) is 4.79 Å². The van der Waals surface area contributed by atoms with E-state index in [1.54, 1.807) is 23.6 Å². The van der Waals surface area contributed by atoms with Gasteiger partial charge in [-0.15, -0.1) is 11.8 Å². The summed E-state index contributed by atoms with van der Waals surface area (Å²) in [5.74, 6) is 2.15. The van der Waals surface area contributed by atoms with E-state index in [-0.39, 0.29) is 12.1 Å². The Morgan fingerprint density at radius 2 is 2.17 bits per heavy atom. The van der Waals surface area contributed by atoms with Crippen molar-refractivity contribution in [2.45, 2.75) is 44.0 Å². The lowest BCUT2D eigenvalue weighted by molar-refractivity contribution is 0.142. The van der Waals surface area contributed by atoms with Gasteiger partial charge in [0, 0.05) is 17.1 Å². The second kappa shape index (κ2) is 7.70. The summed E-state index contributed by atoms with van der Waals surface area (Å²) < 4.78 is 5.29. The van der Waals surface area contributed by atoms with Crippen LogP contribution in [0.25, 0.3) is 0 Å². The quantitative estimate of drug-likeness (QED) is 0.838. The molecule has 6 nitrogen and oxygen atoms in total. The van der Waals surface area contributed by atoms with E-state index in [2.05, 4.69) is 22.4 Å². The summed E-state index contributed by atoms with van der Waals surface area (Å²) in [6.45, 7) is 4.61. The molecule has 0 unspecified atom stereocenters. The largest absolute Gasteiger partial charge is 0.337 e. The van der Waals surface area contributed by atoms with Crippen molar-refractivity contribution in [3.63, 3.8) is 0 Å². The molecule has 1 saturated heterocycles. The Balaban J connectivity index is 1.69. The van der Waals surface area contributed by atoms with Crippen molar-refractivity contribution < 1.29 is 9.32 Å². The van der Waals surface area contributed by atoms with Gasteiger partial charge in [-0.05, 0) is 56.2 Å². The highest BCUT2D eigenvalue weighted by molar-refractivity contribution is 7.99. The van der Waals surface area contributed by atoms with Gasteiger partial charge in [-0.2, -0.15) is 4.98 Å². The van der Waals surface area contributed by atoms with Gasteiger partial charge in [0.25, 0.3) is 0 Å². The summed E-state index contributed by atoms with van der Waals surface area (Å²) in [6.07, 6.45) is 2.89. The zero-order valence-electron chi connectivity index (χ0n) is 14.0. The van der Waals surface area contributed by atoms with E-state index in [1.165, 1.54) is 4.90 Å². The fourth-order valence-electron chi connectivity index (χ4n) is 2.88. The fraction of sp³-hybridized carbons (Fsp3) is 0.471. The second-order valence-electron chi connectivity index (χ2n) is 5.77. The lowest BCUT2D eigenvalue weighted by atomic mass is 10.0. The van der Waals surface area contributed by atoms with E-state index in [9.17, 15) is 4.79 Å². The lowest BCUT2D eigenvalue weighted by Crippen LogP contribution is -2.41. The normalized spacial score (nSPS) is 17.8. The molecule has 1 atom stereocenters. The number of nitrogens with one attached hydrogen (secondary N) is 1. The molecule has 2 amide bonds. The molecule has 2 aromatic rings. The number of rotatable bonds is 4. The minimum atomic E-state index is -0.144. The van der Waals surface area contributed by atoms with Crippen LogP contribution in [0.2, 0.25) is 0 Å². The van der Waals surface area contributed by atoms with Gasteiger partial charge in [-0.3, -0.25) is 0 Å². The van der Waals surface area contributed by atoms with Crippen LogP contribution in [0.1, 0.15) is 43.9 Å². The molecule has 2 heterocycles. The monoisotopic (exact) mass is 346 g/mol. The standard InChI is InChI=1S/C17H22N4O2S/c1-3-24-14-9-7-13(8-10-14)19-17(22)21-11-5-4-6-15(21)16-18-12(2)20-23-16/h7-10,15H,3-6,11H2,1-2H3,(H,19,22)/t15-/m1/s1. The van der Waals surface area contributed by atoms with Crippen molar-refractivity contribution in [2.24, 2.45) is 0 Å².